The van der Waals surface area contributed by atoms with E-state index in [9.17, 15) is 9.90 Å². The zero-order valence-corrected chi connectivity index (χ0v) is 16.3. The van der Waals surface area contributed by atoms with Crippen LogP contribution in [0.4, 0.5) is 5.82 Å². The summed E-state index contributed by atoms with van der Waals surface area (Å²) in [6, 6.07) is 10.9. The van der Waals surface area contributed by atoms with Gasteiger partial charge in [-0.3, -0.25) is 9.36 Å². The van der Waals surface area contributed by atoms with Crippen molar-refractivity contribution < 1.29 is 24.1 Å². The van der Waals surface area contributed by atoms with Gasteiger partial charge in [0.05, 0.1) is 27.0 Å². The average molecular weight is 395 g/mol. The number of nitrogens with zero attached hydrogens (tertiary/aromatic N) is 2. The maximum atomic E-state index is 12.5. The van der Waals surface area contributed by atoms with Gasteiger partial charge in [-0.15, -0.1) is 0 Å². The van der Waals surface area contributed by atoms with E-state index in [0.717, 1.165) is 22.7 Å². The number of carbonyl (C=O) groups is 1. The molecule has 29 heavy (non-hydrogen) atoms. The molecule has 1 aliphatic heterocycles. The number of fused-ring (bicyclic) bond motifs is 1. The molecule has 8 heteroatoms. The average Bonchev–Trinajstić information content (AvgIpc) is 3.17. The van der Waals surface area contributed by atoms with Crippen LogP contribution in [0.5, 0.6) is 23.0 Å². The molecule has 2 heterocycles. The van der Waals surface area contributed by atoms with Gasteiger partial charge in [0.25, 0.3) is 0 Å². The van der Waals surface area contributed by atoms with Crippen LogP contribution in [0.2, 0.25) is 0 Å². The Kier molecular flexibility index (Phi) is 4.75. The summed E-state index contributed by atoms with van der Waals surface area (Å²) in [6.07, 6.45) is 1.91. The molecule has 0 spiro atoms. The maximum Gasteiger partial charge on any atom is 0.226 e. The minimum atomic E-state index is -0.304. The number of phenols is 1. The molecule has 1 atom stereocenters. The van der Waals surface area contributed by atoms with Crippen molar-refractivity contribution in [2.24, 2.45) is 0 Å². The Bertz CT molecular complexity index is 1030. The first-order chi connectivity index (χ1) is 14.0. The Morgan fingerprint density at radius 1 is 1.07 bits per heavy atom. The largest absolute Gasteiger partial charge is 0.502 e. The molecular weight excluding hydrogens is 374 g/mol. The third kappa shape index (κ3) is 3.22. The van der Waals surface area contributed by atoms with Crippen LogP contribution in [0.3, 0.4) is 0 Å². The second-order valence-electron chi connectivity index (χ2n) is 6.63. The van der Waals surface area contributed by atoms with E-state index in [4.69, 9.17) is 14.2 Å². The van der Waals surface area contributed by atoms with Gasteiger partial charge in [-0.2, -0.15) is 0 Å². The van der Waals surface area contributed by atoms with Gasteiger partial charge in [-0.25, -0.2) is 4.98 Å². The van der Waals surface area contributed by atoms with Gasteiger partial charge in [0.2, 0.25) is 11.7 Å². The minimum Gasteiger partial charge on any atom is -0.502 e. The predicted molar refractivity (Wildman–Crippen MR) is 106 cm³/mol. The van der Waals surface area contributed by atoms with E-state index in [1.54, 1.807) is 25.6 Å². The lowest BCUT2D eigenvalue weighted by atomic mass is 9.89. The smallest absolute Gasteiger partial charge is 0.226 e. The molecule has 3 aromatic rings. The van der Waals surface area contributed by atoms with Crippen LogP contribution in [0.25, 0.3) is 5.69 Å². The number of phenolic OH excluding ortho intramolecular Hbond substituents is 1. The lowest BCUT2D eigenvalue weighted by molar-refractivity contribution is -0.116. The quantitative estimate of drug-likeness (QED) is 0.689. The zero-order valence-electron chi connectivity index (χ0n) is 16.3. The van der Waals surface area contributed by atoms with Crippen molar-refractivity contribution in [2.75, 3.05) is 26.6 Å². The maximum absolute atomic E-state index is 12.5. The number of aromatic hydroxyl groups is 1. The van der Waals surface area contributed by atoms with Gasteiger partial charge < -0.3 is 24.6 Å². The summed E-state index contributed by atoms with van der Waals surface area (Å²) in [5, 5.41) is 13.1. The molecule has 0 saturated heterocycles. The van der Waals surface area contributed by atoms with E-state index in [-0.39, 0.29) is 35.5 Å². The third-order valence-electron chi connectivity index (χ3n) is 5.03. The number of rotatable bonds is 5. The number of nitrogens with one attached hydrogen (secondary N) is 1. The summed E-state index contributed by atoms with van der Waals surface area (Å²) < 4.78 is 17.6. The fourth-order valence-electron chi connectivity index (χ4n) is 3.54. The van der Waals surface area contributed by atoms with Crippen molar-refractivity contribution in [1.82, 2.24) is 9.55 Å². The van der Waals surface area contributed by atoms with E-state index in [2.05, 4.69) is 10.3 Å². The molecule has 8 nitrogen and oxygen atoms in total. The van der Waals surface area contributed by atoms with Crippen LogP contribution >= 0.6 is 0 Å². The van der Waals surface area contributed by atoms with Gasteiger partial charge >= 0.3 is 0 Å². The lowest BCUT2D eigenvalue weighted by Crippen LogP contribution is -2.25. The number of ether oxygens (including phenoxy) is 3. The normalized spacial score (nSPS) is 15.4. The monoisotopic (exact) mass is 395 g/mol. The van der Waals surface area contributed by atoms with Gasteiger partial charge in [0.1, 0.15) is 17.9 Å². The minimum absolute atomic E-state index is 0.0806. The van der Waals surface area contributed by atoms with Crippen molar-refractivity contribution in [3.8, 4) is 28.7 Å². The highest BCUT2D eigenvalue weighted by Crippen LogP contribution is 2.44. The summed E-state index contributed by atoms with van der Waals surface area (Å²) in [4.78, 5) is 17.1. The molecule has 0 aliphatic carbocycles. The number of amides is 1. The first-order valence-electron chi connectivity index (χ1n) is 9.02. The molecule has 0 fully saturated rings. The van der Waals surface area contributed by atoms with Crippen molar-refractivity contribution in [3.63, 3.8) is 0 Å². The van der Waals surface area contributed by atoms with Crippen molar-refractivity contribution in [1.29, 1.82) is 0 Å². The summed E-state index contributed by atoms with van der Waals surface area (Å²) in [7, 11) is 4.55. The molecule has 0 saturated carbocycles. The van der Waals surface area contributed by atoms with Crippen LogP contribution in [0.15, 0.2) is 42.7 Å². The number of aromatic nitrogens is 2. The predicted octanol–water partition coefficient (Wildman–Crippen LogP) is 3.08. The fraction of sp³-hybridized carbons (Fsp3) is 0.238. The SMILES string of the molecule is COc1ccc(-n2cnc3c2NC(=O)C[C@H]3c2cc(OC)c(O)c(OC)c2)cc1. The van der Waals surface area contributed by atoms with Crippen LogP contribution < -0.4 is 19.5 Å². The highest BCUT2D eigenvalue weighted by molar-refractivity contribution is 5.94. The van der Waals surface area contributed by atoms with Crippen LogP contribution in [0, 0.1) is 0 Å². The highest BCUT2D eigenvalue weighted by atomic mass is 16.5. The molecular formula is C21H21N3O5. The Morgan fingerprint density at radius 3 is 2.31 bits per heavy atom. The third-order valence-corrected chi connectivity index (χ3v) is 5.03. The molecule has 0 radical (unpaired) electrons. The summed E-state index contributed by atoms with van der Waals surface area (Å²) in [5.74, 6) is 1.41. The number of anilines is 1. The van der Waals surface area contributed by atoms with Gasteiger partial charge in [-0.05, 0) is 42.0 Å². The molecule has 1 aliphatic rings. The van der Waals surface area contributed by atoms with Crippen LogP contribution in [0.1, 0.15) is 23.6 Å². The Labute approximate surface area is 167 Å². The number of methoxy groups -OCH3 is 3. The Hall–Kier alpha value is -3.68. The summed E-state index contributed by atoms with van der Waals surface area (Å²) in [5.41, 5.74) is 2.35. The topological polar surface area (TPSA) is 94.8 Å². The van der Waals surface area contributed by atoms with Crippen molar-refractivity contribution >= 4 is 11.7 Å². The number of benzene rings is 2. The first kappa shape index (κ1) is 18.7. The molecule has 0 bridgehead atoms. The van der Waals surface area contributed by atoms with Gasteiger partial charge in [-0.1, -0.05) is 0 Å². The van der Waals surface area contributed by atoms with E-state index in [0.29, 0.717) is 5.82 Å². The first-order valence-corrected chi connectivity index (χ1v) is 9.02. The zero-order chi connectivity index (χ0) is 20.5. The van der Waals surface area contributed by atoms with Gasteiger partial charge in [0.15, 0.2) is 11.5 Å². The molecule has 2 N–H and O–H groups in total. The van der Waals surface area contributed by atoms with Gasteiger partial charge in [0, 0.05) is 18.0 Å². The lowest BCUT2D eigenvalue weighted by Gasteiger charge is -2.24. The molecule has 1 aromatic heterocycles. The standard InChI is InChI=1S/C21H21N3O5/c1-27-14-6-4-13(5-7-14)24-11-22-19-15(10-18(25)23-21(19)24)12-8-16(28-2)20(26)17(9-12)29-3/h4-9,11,15,26H,10H2,1-3H3,(H,23,25)/t15-/m0/s1. The Balaban J connectivity index is 1.80. The number of carbonyl (C=O) groups excluding carboxylic acids is 1. The van der Waals surface area contributed by atoms with Crippen LogP contribution in [-0.4, -0.2) is 41.9 Å². The summed E-state index contributed by atoms with van der Waals surface area (Å²) >= 11 is 0. The van der Waals surface area contributed by atoms with E-state index < -0.39 is 0 Å². The Morgan fingerprint density at radius 2 is 1.72 bits per heavy atom. The van der Waals surface area contributed by atoms with Crippen LogP contribution in [-0.2, 0) is 4.79 Å². The van der Waals surface area contributed by atoms with E-state index in [1.807, 2.05) is 28.8 Å². The molecule has 2 aromatic carbocycles. The van der Waals surface area contributed by atoms with E-state index in [1.165, 1.54) is 14.2 Å². The molecule has 150 valence electrons. The van der Waals surface area contributed by atoms with Crippen molar-refractivity contribution in [3.05, 3.63) is 54.0 Å². The number of hydrogen-bond donors (Lipinski definition) is 2. The molecule has 4 rings (SSSR count). The highest BCUT2D eigenvalue weighted by Gasteiger charge is 2.32. The molecule has 1 amide bonds. The summed E-state index contributed by atoms with van der Waals surface area (Å²) in [6.45, 7) is 0. The fourth-order valence-corrected chi connectivity index (χ4v) is 3.54. The second-order valence-corrected chi connectivity index (χ2v) is 6.63. The number of imidazole rings is 1. The second kappa shape index (κ2) is 7.38. The van der Waals surface area contributed by atoms with Crippen molar-refractivity contribution in [2.45, 2.75) is 12.3 Å². The number of hydrogen-bond acceptors (Lipinski definition) is 6. The molecule has 0 unspecified atom stereocenters. The van der Waals surface area contributed by atoms with E-state index >= 15 is 0 Å².